The summed E-state index contributed by atoms with van der Waals surface area (Å²) < 4.78 is 17.5. The number of ether oxygens (including phenoxy) is 2. The molecule has 1 aliphatic rings. The molecule has 0 amide bonds. The first-order valence-corrected chi connectivity index (χ1v) is 10.9. The topological polar surface area (TPSA) is 106 Å². The molecular weight excluding hydrogens is 436 g/mol. The summed E-state index contributed by atoms with van der Waals surface area (Å²) >= 11 is 0. The van der Waals surface area contributed by atoms with Gasteiger partial charge in [0.1, 0.15) is 22.5 Å². The summed E-state index contributed by atoms with van der Waals surface area (Å²) in [6.45, 7) is 3.79. The number of para-hydroxylation sites is 1. The lowest BCUT2D eigenvalue weighted by molar-refractivity contribution is -0.135. The van der Waals surface area contributed by atoms with Crippen molar-refractivity contribution in [3.63, 3.8) is 0 Å². The van der Waals surface area contributed by atoms with Crippen molar-refractivity contribution in [3.05, 3.63) is 82.0 Å². The van der Waals surface area contributed by atoms with Crippen LogP contribution in [0.25, 0.3) is 22.3 Å². The van der Waals surface area contributed by atoms with E-state index in [1.54, 1.807) is 18.2 Å². The van der Waals surface area contributed by atoms with Crippen LogP contribution in [-0.2, 0) is 4.79 Å². The van der Waals surface area contributed by atoms with Gasteiger partial charge in [-0.25, -0.2) is 0 Å². The van der Waals surface area contributed by atoms with Gasteiger partial charge in [-0.3, -0.25) is 9.59 Å². The number of rotatable bonds is 4. The monoisotopic (exact) mass is 458 g/mol. The van der Waals surface area contributed by atoms with Crippen LogP contribution in [-0.4, -0.2) is 22.3 Å². The lowest BCUT2D eigenvalue weighted by Crippen LogP contribution is -2.23. The van der Waals surface area contributed by atoms with Gasteiger partial charge >= 0.3 is 5.97 Å². The predicted molar refractivity (Wildman–Crippen MR) is 126 cm³/mol. The predicted octanol–water partition coefficient (Wildman–Crippen LogP) is 5.10. The molecule has 34 heavy (non-hydrogen) atoms. The van der Waals surface area contributed by atoms with Crippen molar-refractivity contribution < 1.29 is 28.9 Å². The van der Waals surface area contributed by atoms with E-state index >= 15 is 0 Å². The Kier molecular flexibility index (Phi) is 5.24. The molecule has 4 aromatic rings. The van der Waals surface area contributed by atoms with E-state index in [0.717, 1.165) is 0 Å². The molecule has 172 valence electrons. The molecule has 5 rings (SSSR count). The van der Waals surface area contributed by atoms with Gasteiger partial charge < -0.3 is 24.1 Å². The second kappa shape index (κ2) is 8.26. The molecule has 1 aromatic heterocycles. The Bertz CT molecular complexity index is 1470. The zero-order chi connectivity index (χ0) is 24.0. The van der Waals surface area contributed by atoms with Gasteiger partial charge in [0.2, 0.25) is 5.75 Å². The zero-order valence-corrected chi connectivity index (χ0v) is 18.6. The number of hydrogen-bond acceptors (Lipinski definition) is 7. The van der Waals surface area contributed by atoms with Gasteiger partial charge in [-0.15, -0.1) is 0 Å². The highest BCUT2D eigenvalue weighted by atomic mass is 16.5. The second-order valence-corrected chi connectivity index (χ2v) is 8.42. The molecule has 2 heterocycles. The molecule has 0 aliphatic carbocycles. The lowest BCUT2D eigenvalue weighted by Gasteiger charge is -2.28. The summed E-state index contributed by atoms with van der Waals surface area (Å²) in [5.74, 6) is -1.98. The summed E-state index contributed by atoms with van der Waals surface area (Å²) in [6, 6.07) is 17.6. The molecule has 0 unspecified atom stereocenters. The van der Waals surface area contributed by atoms with Crippen LogP contribution in [0, 0.1) is 0 Å². The molecule has 3 aromatic carbocycles. The lowest BCUT2D eigenvalue weighted by atomic mass is 9.84. The highest BCUT2D eigenvalue weighted by molar-refractivity contribution is 5.96. The number of esters is 1. The summed E-state index contributed by atoms with van der Waals surface area (Å²) in [6.07, 6.45) is -0.187. The average Bonchev–Trinajstić information content (AvgIpc) is 2.82. The van der Waals surface area contributed by atoms with E-state index in [-0.39, 0.29) is 35.0 Å². The smallest absolute Gasteiger partial charge is 0.312 e. The van der Waals surface area contributed by atoms with Crippen molar-refractivity contribution in [1.29, 1.82) is 0 Å². The molecule has 1 aliphatic heterocycles. The van der Waals surface area contributed by atoms with Crippen LogP contribution in [0.3, 0.4) is 0 Å². The van der Waals surface area contributed by atoms with Crippen LogP contribution >= 0.6 is 0 Å². The molecule has 2 N–H and O–H groups in total. The van der Waals surface area contributed by atoms with E-state index in [1.165, 1.54) is 6.07 Å². The van der Waals surface area contributed by atoms with Crippen molar-refractivity contribution in [1.82, 2.24) is 0 Å². The molecule has 0 saturated heterocycles. The fourth-order valence-electron chi connectivity index (χ4n) is 4.35. The third-order valence-corrected chi connectivity index (χ3v) is 5.76. The minimum absolute atomic E-state index is 0.0495. The molecule has 0 spiro atoms. The molecule has 1 atom stereocenters. The van der Waals surface area contributed by atoms with E-state index in [0.29, 0.717) is 22.4 Å². The number of carbonyl (C=O) groups excluding carboxylic acids is 1. The molecule has 0 saturated carbocycles. The van der Waals surface area contributed by atoms with Crippen molar-refractivity contribution in [3.8, 4) is 34.3 Å². The number of hydrogen-bond donors (Lipinski definition) is 2. The first-order valence-electron chi connectivity index (χ1n) is 10.9. The quantitative estimate of drug-likeness (QED) is 0.249. The van der Waals surface area contributed by atoms with E-state index in [2.05, 4.69) is 0 Å². The fraction of sp³-hybridized carbons (Fsp3) is 0.185. The summed E-state index contributed by atoms with van der Waals surface area (Å²) in [4.78, 5) is 25.6. The summed E-state index contributed by atoms with van der Waals surface area (Å²) in [5, 5.41) is 21.2. The van der Waals surface area contributed by atoms with Crippen molar-refractivity contribution in [2.45, 2.75) is 32.3 Å². The number of phenolic OH excluding ortho intramolecular Hbond substituents is 2. The molecule has 0 radical (unpaired) electrons. The second-order valence-electron chi connectivity index (χ2n) is 8.42. The minimum Gasteiger partial charge on any atom is -0.504 e. The number of aromatic hydroxyl groups is 2. The van der Waals surface area contributed by atoms with Crippen LogP contribution in [0.5, 0.6) is 23.0 Å². The molecule has 0 fully saturated rings. The average molecular weight is 458 g/mol. The van der Waals surface area contributed by atoms with Crippen LogP contribution < -0.4 is 14.9 Å². The van der Waals surface area contributed by atoms with Gasteiger partial charge in [-0.2, -0.15) is 0 Å². The maximum Gasteiger partial charge on any atom is 0.312 e. The van der Waals surface area contributed by atoms with Crippen molar-refractivity contribution >= 4 is 16.9 Å². The zero-order valence-electron chi connectivity index (χ0n) is 18.6. The maximum absolute atomic E-state index is 13.1. The first-order chi connectivity index (χ1) is 16.3. The summed E-state index contributed by atoms with van der Waals surface area (Å²) in [5.41, 5.74) is 1.16. The molecule has 7 nitrogen and oxygen atoms in total. The van der Waals surface area contributed by atoms with E-state index < -0.39 is 28.8 Å². The number of benzene rings is 3. The van der Waals surface area contributed by atoms with Gasteiger partial charge in [0.15, 0.2) is 16.9 Å². The van der Waals surface area contributed by atoms with Gasteiger partial charge in [-0.1, -0.05) is 48.5 Å². The van der Waals surface area contributed by atoms with E-state index in [4.69, 9.17) is 13.9 Å². The molecule has 7 heteroatoms. The Balaban J connectivity index is 1.85. The highest BCUT2D eigenvalue weighted by Crippen LogP contribution is 2.53. The van der Waals surface area contributed by atoms with E-state index in [1.807, 2.05) is 50.2 Å². The highest BCUT2D eigenvalue weighted by Gasteiger charge is 2.37. The molecule has 0 bridgehead atoms. The number of fused-ring (bicyclic) bond motifs is 3. The Morgan fingerprint density at radius 2 is 1.68 bits per heavy atom. The maximum atomic E-state index is 13.1. The first kappa shape index (κ1) is 21.6. The number of carbonyl (C=O) groups is 1. The Labute approximate surface area is 194 Å². The van der Waals surface area contributed by atoms with Gasteiger partial charge in [0.25, 0.3) is 0 Å². The minimum atomic E-state index is -0.692. The van der Waals surface area contributed by atoms with Gasteiger partial charge in [0.05, 0.1) is 18.1 Å². The fourth-order valence-corrected chi connectivity index (χ4v) is 4.35. The molecular formula is C27H22O7. The Morgan fingerprint density at radius 3 is 2.41 bits per heavy atom. The standard InChI is InChI=1S/C27H22O7/c1-14(2)32-19-11-7-6-10-16(19)17-12-21(29)34-27-22(17)26-23(24(30)25(27)31)18(28)13-20(33-26)15-8-4-3-5-9-15/h3-11,13-14,17,30-31H,12H2,1-2H3/t17-/m1/s1. The van der Waals surface area contributed by atoms with Crippen LogP contribution in [0.2, 0.25) is 0 Å². The largest absolute Gasteiger partial charge is 0.504 e. The van der Waals surface area contributed by atoms with Gasteiger partial charge in [-0.05, 0) is 19.9 Å². The van der Waals surface area contributed by atoms with Crippen LogP contribution in [0.15, 0.2) is 69.9 Å². The van der Waals surface area contributed by atoms with E-state index in [9.17, 15) is 19.8 Å². The van der Waals surface area contributed by atoms with Crippen LogP contribution in [0.1, 0.15) is 37.3 Å². The Morgan fingerprint density at radius 1 is 0.971 bits per heavy atom. The number of phenols is 2. The Hall–Kier alpha value is -4.26. The van der Waals surface area contributed by atoms with Crippen LogP contribution in [0.4, 0.5) is 0 Å². The van der Waals surface area contributed by atoms with Crippen molar-refractivity contribution in [2.24, 2.45) is 0 Å². The summed E-state index contributed by atoms with van der Waals surface area (Å²) in [7, 11) is 0. The third kappa shape index (κ3) is 3.55. The normalized spacial score (nSPS) is 15.3. The third-order valence-electron chi connectivity index (χ3n) is 5.76. The SMILES string of the molecule is CC(C)Oc1ccccc1[C@H]1CC(=O)Oc2c(O)c(O)c3c(=O)cc(-c4ccccc4)oc3c21. The van der Waals surface area contributed by atoms with Crippen molar-refractivity contribution in [2.75, 3.05) is 0 Å². The van der Waals surface area contributed by atoms with Gasteiger partial charge in [0, 0.05) is 23.1 Å².